The van der Waals surface area contributed by atoms with Crippen LogP contribution >= 0.6 is 27.5 Å². The van der Waals surface area contributed by atoms with Crippen molar-refractivity contribution in [1.82, 2.24) is 5.16 Å². The highest BCUT2D eigenvalue weighted by Gasteiger charge is 2.21. The molecule has 1 heterocycles. The molecule has 21 heavy (non-hydrogen) atoms. The summed E-state index contributed by atoms with van der Waals surface area (Å²) in [6, 6.07) is 11.6. The third-order valence-electron chi connectivity index (χ3n) is 3.05. The number of nitrogens with zero attached hydrogens (tertiary/aromatic N) is 1. The van der Waals surface area contributed by atoms with E-state index in [1.165, 1.54) is 6.07 Å². The van der Waals surface area contributed by atoms with Gasteiger partial charge in [0.25, 0.3) is 0 Å². The average Bonchev–Trinajstić information content (AvgIpc) is 2.81. The molecule has 0 fully saturated rings. The zero-order chi connectivity index (χ0) is 15.0. The minimum absolute atomic E-state index is 0.0501. The minimum atomic E-state index is -0.401. The molecule has 6 heteroatoms. The smallest absolute Gasteiger partial charge is 0.230 e. The summed E-state index contributed by atoms with van der Waals surface area (Å²) in [6.45, 7) is 0. The van der Waals surface area contributed by atoms with E-state index in [1.807, 2.05) is 6.07 Å². The SMILES string of the molecule is Nc1onc(-c2ccc(Br)cc2Cl)c1-c1ccccc1F. The molecule has 0 saturated carbocycles. The van der Waals surface area contributed by atoms with Gasteiger partial charge in [-0.25, -0.2) is 4.39 Å². The topological polar surface area (TPSA) is 52.0 Å². The highest BCUT2D eigenvalue weighted by atomic mass is 79.9. The van der Waals surface area contributed by atoms with E-state index in [9.17, 15) is 4.39 Å². The lowest BCUT2D eigenvalue weighted by molar-refractivity contribution is 0.439. The number of aromatic nitrogens is 1. The first-order valence-corrected chi connectivity index (χ1v) is 7.20. The molecule has 0 radical (unpaired) electrons. The fourth-order valence-corrected chi connectivity index (χ4v) is 2.86. The standard InChI is InChI=1S/C15H9BrClFN2O/c16-8-5-6-9(11(17)7-8)14-13(15(19)21-20-14)10-3-1-2-4-12(10)18/h1-7H,19H2. The summed E-state index contributed by atoms with van der Waals surface area (Å²) >= 11 is 9.56. The van der Waals surface area contributed by atoms with Gasteiger partial charge in [0.1, 0.15) is 11.5 Å². The maximum Gasteiger partial charge on any atom is 0.230 e. The second kappa shape index (κ2) is 5.50. The van der Waals surface area contributed by atoms with E-state index in [4.69, 9.17) is 21.9 Å². The van der Waals surface area contributed by atoms with Gasteiger partial charge in [-0.05, 0) is 18.2 Å². The van der Waals surface area contributed by atoms with Crippen molar-refractivity contribution >= 4 is 33.4 Å². The van der Waals surface area contributed by atoms with Crippen LogP contribution in [0, 0.1) is 5.82 Å². The van der Waals surface area contributed by atoms with Crippen LogP contribution in [0.25, 0.3) is 22.4 Å². The molecule has 3 nitrogen and oxygen atoms in total. The van der Waals surface area contributed by atoms with Gasteiger partial charge < -0.3 is 10.3 Å². The molecule has 3 aromatic rings. The summed E-state index contributed by atoms with van der Waals surface area (Å²) in [5.41, 5.74) is 7.57. The molecule has 0 unspecified atom stereocenters. The van der Waals surface area contributed by atoms with Crippen LogP contribution in [0.5, 0.6) is 0 Å². The Labute approximate surface area is 133 Å². The maximum absolute atomic E-state index is 14.0. The second-order valence-corrected chi connectivity index (χ2v) is 5.70. The molecule has 0 saturated heterocycles. The first kappa shape index (κ1) is 14.1. The highest BCUT2D eigenvalue weighted by molar-refractivity contribution is 9.10. The average molecular weight is 368 g/mol. The van der Waals surface area contributed by atoms with Gasteiger partial charge in [-0.2, -0.15) is 0 Å². The van der Waals surface area contributed by atoms with Crippen molar-refractivity contribution in [2.75, 3.05) is 5.73 Å². The first-order valence-electron chi connectivity index (χ1n) is 6.03. The number of rotatable bonds is 2. The second-order valence-electron chi connectivity index (χ2n) is 4.37. The van der Waals surface area contributed by atoms with Crippen LogP contribution in [-0.4, -0.2) is 5.16 Å². The third-order valence-corrected chi connectivity index (χ3v) is 3.85. The van der Waals surface area contributed by atoms with Gasteiger partial charge in [-0.3, -0.25) is 0 Å². The molecular formula is C15H9BrClFN2O. The fraction of sp³-hybridized carbons (Fsp3) is 0. The quantitative estimate of drug-likeness (QED) is 0.682. The van der Waals surface area contributed by atoms with E-state index in [0.29, 0.717) is 27.4 Å². The van der Waals surface area contributed by atoms with E-state index < -0.39 is 5.82 Å². The summed E-state index contributed by atoms with van der Waals surface area (Å²) in [7, 11) is 0. The Morgan fingerprint density at radius 2 is 1.90 bits per heavy atom. The Balaban J connectivity index is 2.25. The van der Waals surface area contributed by atoms with Crippen molar-refractivity contribution < 1.29 is 8.91 Å². The normalized spacial score (nSPS) is 10.8. The van der Waals surface area contributed by atoms with Gasteiger partial charge in [0.15, 0.2) is 0 Å². The van der Waals surface area contributed by atoms with Crippen LogP contribution in [-0.2, 0) is 0 Å². The van der Waals surface area contributed by atoms with E-state index in [2.05, 4.69) is 21.1 Å². The zero-order valence-electron chi connectivity index (χ0n) is 10.6. The molecule has 0 aliphatic heterocycles. The van der Waals surface area contributed by atoms with Crippen LogP contribution in [0.15, 0.2) is 51.5 Å². The molecule has 2 N–H and O–H groups in total. The van der Waals surface area contributed by atoms with Gasteiger partial charge in [-0.1, -0.05) is 57.0 Å². The van der Waals surface area contributed by atoms with Crippen LogP contribution in [0.1, 0.15) is 0 Å². The molecule has 0 spiro atoms. The Morgan fingerprint density at radius 1 is 1.14 bits per heavy atom. The van der Waals surface area contributed by atoms with Crippen molar-refractivity contribution in [3.63, 3.8) is 0 Å². The minimum Gasteiger partial charge on any atom is -0.367 e. The highest BCUT2D eigenvalue weighted by Crippen LogP contribution is 2.40. The van der Waals surface area contributed by atoms with Crippen molar-refractivity contribution in [2.45, 2.75) is 0 Å². The third kappa shape index (κ3) is 2.54. The monoisotopic (exact) mass is 366 g/mol. The summed E-state index contributed by atoms with van der Waals surface area (Å²) in [4.78, 5) is 0. The van der Waals surface area contributed by atoms with Gasteiger partial charge >= 0.3 is 0 Å². The largest absolute Gasteiger partial charge is 0.367 e. The number of halogens is 3. The van der Waals surface area contributed by atoms with Gasteiger partial charge in [0.05, 0.1) is 10.6 Å². The van der Waals surface area contributed by atoms with Crippen LogP contribution in [0.3, 0.4) is 0 Å². The number of hydrogen-bond acceptors (Lipinski definition) is 3. The molecule has 0 aliphatic rings. The molecule has 0 amide bonds. The Morgan fingerprint density at radius 3 is 2.62 bits per heavy atom. The summed E-state index contributed by atoms with van der Waals surface area (Å²) < 4.78 is 19.9. The molecule has 0 bridgehead atoms. The number of benzene rings is 2. The first-order chi connectivity index (χ1) is 10.1. The summed E-state index contributed by atoms with van der Waals surface area (Å²) in [5, 5.41) is 4.40. The van der Waals surface area contributed by atoms with E-state index in [-0.39, 0.29) is 5.88 Å². The van der Waals surface area contributed by atoms with Crippen molar-refractivity contribution in [3.8, 4) is 22.4 Å². The lowest BCUT2D eigenvalue weighted by atomic mass is 10.0. The van der Waals surface area contributed by atoms with Crippen LogP contribution < -0.4 is 5.73 Å². The summed E-state index contributed by atoms with van der Waals surface area (Å²) in [6.07, 6.45) is 0. The van der Waals surface area contributed by atoms with E-state index in [1.54, 1.807) is 30.3 Å². The fourth-order valence-electron chi connectivity index (χ4n) is 2.09. The van der Waals surface area contributed by atoms with Gasteiger partial charge in [0.2, 0.25) is 5.88 Å². The predicted octanol–water partition coefficient (Wildman–Crippen LogP) is 5.15. The molecule has 3 rings (SSSR count). The Hall–Kier alpha value is -1.85. The van der Waals surface area contributed by atoms with E-state index >= 15 is 0 Å². The molecule has 0 atom stereocenters. The number of anilines is 1. The van der Waals surface area contributed by atoms with Crippen molar-refractivity contribution in [1.29, 1.82) is 0 Å². The number of hydrogen-bond donors (Lipinski definition) is 1. The molecule has 0 aliphatic carbocycles. The Kier molecular flexibility index (Phi) is 3.69. The summed E-state index contributed by atoms with van der Waals surface area (Å²) in [5.74, 6) is -0.351. The van der Waals surface area contributed by atoms with Crippen molar-refractivity contribution in [2.24, 2.45) is 0 Å². The molecule has 1 aromatic heterocycles. The Bertz CT molecular complexity index is 819. The lowest BCUT2D eigenvalue weighted by Crippen LogP contribution is -1.91. The maximum atomic E-state index is 14.0. The van der Waals surface area contributed by atoms with Crippen LogP contribution in [0.2, 0.25) is 5.02 Å². The van der Waals surface area contributed by atoms with Gasteiger partial charge in [0, 0.05) is 15.6 Å². The van der Waals surface area contributed by atoms with Crippen LogP contribution in [0.4, 0.5) is 10.3 Å². The number of nitrogens with two attached hydrogens (primary N) is 1. The van der Waals surface area contributed by atoms with E-state index in [0.717, 1.165) is 4.47 Å². The molecule has 106 valence electrons. The lowest BCUT2D eigenvalue weighted by Gasteiger charge is -2.06. The zero-order valence-corrected chi connectivity index (χ0v) is 13.0. The van der Waals surface area contributed by atoms with Gasteiger partial charge in [-0.15, -0.1) is 0 Å². The predicted molar refractivity (Wildman–Crippen MR) is 84.5 cm³/mol. The number of nitrogen functional groups attached to an aromatic ring is 1. The molecule has 2 aromatic carbocycles. The molecular weight excluding hydrogens is 359 g/mol. The van der Waals surface area contributed by atoms with Crippen molar-refractivity contribution in [3.05, 3.63) is 57.8 Å².